The van der Waals surface area contributed by atoms with Crippen molar-refractivity contribution in [1.82, 2.24) is 4.72 Å². The van der Waals surface area contributed by atoms with Gasteiger partial charge in [-0.05, 0) is 49.9 Å². The van der Waals surface area contributed by atoms with E-state index in [-0.39, 0.29) is 4.90 Å². The van der Waals surface area contributed by atoms with Gasteiger partial charge in [0.15, 0.2) is 0 Å². The van der Waals surface area contributed by atoms with Crippen LogP contribution in [0.15, 0.2) is 23.1 Å². The maximum absolute atomic E-state index is 14.5. The topological polar surface area (TPSA) is 49.4 Å². The number of hydrogen-bond acceptors (Lipinski definition) is 3. The summed E-state index contributed by atoms with van der Waals surface area (Å²) in [7, 11) is -2.27. The number of hydrogen-bond donors (Lipinski definition) is 1. The normalized spacial score (nSPS) is 28.7. The number of nitrogens with zero attached hydrogens (tertiary/aromatic N) is 1. The van der Waals surface area contributed by atoms with Crippen molar-refractivity contribution in [2.24, 2.45) is 11.8 Å². The lowest BCUT2D eigenvalue weighted by Crippen LogP contribution is -2.35. The molecule has 1 aromatic carbocycles. The lowest BCUT2D eigenvalue weighted by atomic mass is 9.80. The van der Waals surface area contributed by atoms with Crippen LogP contribution in [0.25, 0.3) is 0 Å². The van der Waals surface area contributed by atoms with E-state index in [1.165, 1.54) is 32.4 Å². The van der Waals surface area contributed by atoms with Crippen LogP contribution in [0, 0.1) is 17.7 Å². The van der Waals surface area contributed by atoms with E-state index in [0.717, 1.165) is 19.0 Å². The molecule has 1 aliphatic heterocycles. The molecule has 1 heterocycles. The average Bonchev–Trinajstić information content (AvgIpc) is 2.85. The van der Waals surface area contributed by atoms with E-state index < -0.39 is 15.8 Å². The molecule has 1 N–H and O–H groups in total. The molecule has 1 aliphatic carbocycles. The van der Waals surface area contributed by atoms with Crippen LogP contribution in [0.5, 0.6) is 0 Å². The smallest absolute Gasteiger partial charge is 0.240 e. The molecule has 3 atom stereocenters. The fourth-order valence-electron chi connectivity index (χ4n) is 4.05. The summed E-state index contributed by atoms with van der Waals surface area (Å²) in [5.41, 5.74) is 0.538. The Morgan fingerprint density at radius 1 is 1.27 bits per heavy atom. The minimum Gasteiger partial charge on any atom is -0.366 e. The van der Waals surface area contributed by atoms with Crippen LogP contribution >= 0.6 is 0 Å². The molecule has 1 saturated carbocycles. The van der Waals surface area contributed by atoms with Gasteiger partial charge in [0, 0.05) is 12.6 Å². The van der Waals surface area contributed by atoms with Crippen LogP contribution in [0.2, 0.25) is 0 Å². The van der Waals surface area contributed by atoms with Crippen LogP contribution in [0.4, 0.5) is 10.1 Å². The van der Waals surface area contributed by atoms with Crippen molar-refractivity contribution in [3.63, 3.8) is 0 Å². The quantitative estimate of drug-likeness (QED) is 0.929. The summed E-state index contributed by atoms with van der Waals surface area (Å²) < 4.78 is 40.3. The third-order valence-corrected chi connectivity index (χ3v) is 6.62. The van der Waals surface area contributed by atoms with Gasteiger partial charge < -0.3 is 4.90 Å². The molecule has 0 amide bonds. The highest BCUT2D eigenvalue weighted by Crippen LogP contribution is 2.42. The molecule has 2 aliphatic rings. The Hall–Kier alpha value is -1.14. The van der Waals surface area contributed by atoms with Gasteiger partial charge >= 0.3 is 0 Å². The SMILES string of the molecule is CNS(=O)(=O)c1ccc(N2CC(C)C3CCCCC32)c(F)c1. The predicted octanol–water partition coefficient (Wildman–Crippen LogP) is 2.75. The Morgan fingerprint density at radius 2 is 2.00 bits per heavy atom. The number of fused-ring (bicyclic) bond motifs is 1. The summed E-state index contributed by atoms with van der Waals surface area (Å²) in [5, 5.41) is 0. The molecule has 0 aromatic heterocycles. The number of benzene rings is 1. The third kappa shape index (κ3) is 2.63. The van der Waals surface area contributed by atoms with E-state index >= 15 is 0 Å². The number of nitrogens with one attached hydrogen (secondary N) is 1. The average molecular weight is 326 g/mol. The van der Waals surface area contributed by atoms with Gasteiger partial charge in [-0.1, -0.05) is 19.8 Å². The highest BCUT2D eigenvalue weighted by atomic mass is 32.2. The van der Waals surface area contributed by atoms with Crippen molar-refractivity contribution >= 4 is 15.7 Å². The van der Waals surface area contributed by atoms with E-state index in [9.17, 15) is 12.8 Å². The molecule has 22 heavy (non-hydrogen) atoms. The van der Waals surface area contributed by atoms with Crippen LogP contribution in [-0.2, 0) is 10.0 Å². The lowest BCUT2D eigenvalue weighted by Gasteiger charge is -2.33. The first-order valence-corrected chi connectivity index (χ1v) is 9.42. The van der Waals surface area contributed by atoms with Gasteiger partial charge in [-0.15, -0.1) is 0 Å². The van der Waals surface area contributed by atoms with Gasteiger partial charge in [0.25, 0.3) is 0 Å². The van der Waals surface area contributed by atoms with E-state index in [0.29, 0.717) is 23.6 Å². The van der Waals surface area contributed by atoms with E-state index in [4.69, 9.17) is 0 Å². The molecular formula is C16H23FN2O2S. The first-order chi connectivity index (χ1) is 10.4. The second-order valence-electron chi connectivity index (χ2n) is 6.47. The van der Waals surface area contributed by atoms with Gasteiger partial charge in [0.1, 0.15) is 5.82 Å². The minimum atomic E-state index is -3.60. The molecule has 122 valence electrons. The minimum absolute atomic E-state index is 0.0244. The molecule has 3 rings (SSSR count). The molecule has 0 spiro atoms. The molecule has 1 saturated heterocycles. The van der Waals surface area contributed by atoms with Crippen molar-refractivity contribution in [1.29, 1.82) is 0 Å². The predicted molar refractivity (Wildman–Crippen MR) is 84.9 cm³/mol. The van der Waals surface area contributed by atoms with E-state index in [2.05, 4.69) is 16.5 Å². The van der Waals surface area contributed by atoms with Gasteiger partial charge in [-0.3, -0.25) is 0 Å². The second kappa shape index (κ2) is 5.81. The maximum atomic E-state index is 14.5. The monoisotopic (exact) mass is 326 g/mol. The Bertz CT molecular complexity index is 662. The Labute approximate surface area is 131 Å². The molecular weight excluding hydrogens is 303 g/mol. The Morgan fingerprint density at radius 3 is 2.68 bits per heavy atom. The number of anilines is 1. The van der Waals surface area contributed by atoms with Crippen LogP contribution < -0.4 is 9.62 Å². The summed E-state index contributed by atoms with van der Waals surface area (Å²) in [6, 6.07) is 4.63. The summed E-state index contributed by atoms with van der Waals surface area (Å²) in [6.07, 6.45) is 4.78. The number of rotatable bonds is 3. The zero-order valence-corrected chi connectivity index (χ0v) is 13.9. The van der Waals surface area contributed by atoms with Crippen molar-refractivity contribution in [2.75, 3.05) is 18.5 Å². The van der Waals surface area contributed by atoms with Crippen molar-refractivity contribution in [2.45, 2.75) is 43.5 Å². The fraction of sp³-hybridized carbons (Fsp3) is 0.625. The van der Waals surface area contributed by atoms with Gasteiger partial charge in [0.2, 0.25) is 10.0 Å². The highest BCUT2D eigenvalue weighted by molar-refractivity contribution is 7.89. The van der Waals surface area contributed by atoms with Crippen molar-refractivity contribution in [3.8, 4) is 0 Å². The van der Waals surface area contributed by atoms with Gasteiger partial charge in [-0.25, -0.2) is 17.5 Å². The van der Waals surface area contributed by atoms with Crippen molar-refractivity contribution < 1.29 is 12.8 Å². The molecule has 1 aromatic rings. The largest absolute Gasteiger partial charge is 0.366 e. The Kier molecular flexibility index (Phi) is 4.16. The standard InChI is InChI=1S/C16H23FN2O2S/c1-11-10-19(15-6-4-3-5-13(11)15)16-8-7-12(9-14(16)17)22(20,21)18-2/h7-9,11,13,15,18H,3-6,10H2,1-2H3. The number of sulfonamides is 1. The number of halogens is 1. The summed E-state index contributed by atoms with van der Waals surface area (Å²) in [6.45, 7) is 3.09. The van der Waals surface area contributed by atoms with E-state index in [1.807, 2.05) is 0 Å². The second-order valence-corrected chi connectivity index (χ2v) is 8.35. The summed E-state index contributed by atoms with van der Waals surface area (Å²) in [4.78, 5) is 2.13. The Balaban J connectivity index is 1.92. The third-order valence-electron chi connectivity index (χ3n) is 5.21. The molecule has 6 heteroatoms. The molecule has 0 bridgehead atoms. The molecule has 2 fully saturated rings. The van der Waals surface area contributed by atoms with Crippen LogP contribution in [-0.4, -0.2) is 28.1 Å². The highest BCUT2D eigenvalue weighted by Gasteiger charge is 2.41. The lowest BCUT2D eigenvalue weighted by molar-refractivity contribution is 0.293. The van der Waals surface area contributed by atoms with E-state index in [1.54, 1.807) is 6.07 Å². The zero-order chi connectivity index (χ0) is 15.9. The van der Waals surface area contributed by atoms with Crippen molar-refractivity contribution in [3.05, 3.63) is 24.0 Å². The molecule has 3 unspecified atom stereocenters. The first kappa shape index (κ1) is 15.7. The molecule has 4 nitrogen and oxygen atoms in total. The fourth-order valence-corrected chi connectivity index (χ4v) is 4.80. The van der Waals surface area contributed by atoms with Crippen LogP contribution in [0.1, 0.15) is 32.6 Å². The maximum Gasteiger partial charge on any atom is 0.240 e. The summed E-state index contributed by atoms with van der Waals surface area (Å²) in [5.74, 6) is 0.744. The zero-order valence-electron chi connectivity index (χ0n) is 13.0. The van der Waals surface area contributed by atoms with Crippen LogP contribution in [0.3, 0.4) is 0 Å². The molecule has 0 radical (unpaired) electrons. The summed E-state index contributed by atoms with van der Waals surface area (Å²) >= 11 is 0. The van der Waals surface area contributed by atoms with Gasteiger partial charge in [-0.2, -0.15) is 0 Å². The van der Waals surface area contributed by atoms with Gasteiger partial charge in [0.05, 0.1) is 10.6 Å². The first-order valence-electron chi connectivity index (χ1n) is 7.94.